The van der Waals surface area contributed by atoms with Crippen LogP contribution in [0.4, 0.5) is 10.2 Å². The highest BCUT2D eigenvalue weighted by atomic mass is 19.1. The average Bonchev–Trinajstić information content (AvgIpc) is 3.38. The molecule has 1 atom stereocenters. The molecule has 0 bridgehead atoms. The smallest absolute Gasteiger partial charge is 0.340 e. The second kappa shape index (κ2) is 6.66. The first kappa shape index (κ1) is 15.9. The van der Waals surface area contributed by atoms with Crippen LogP contribution < -0.4 is 11.1 Å². The minimum atomic E-state index is -1.29. The summed E-state index contributed by atoms with van der Waals surface area (Å²) in [4.78, 5) is 27.9. The van der Waals surface area contributed by atoms with Gasteiger partial charge in [-0.15, -0.1) is 0 Å². The van der Waals surface area contributed by atoms with E-state index in [0.29, 0.717) is 17.4 Å². The Labute approximate surface area is 137 Å². The number of nitrogens with two attached hydrogens (primary N) is 1. The van der Waals surface area contributed by atoms with Gasteiger partial charge in [0.1, 0.15) is 11.6 Å². The number of pyridine rings is 1. The maximum Gasteiger partial charge on any atom is 0.340 e. The minimum absolute atomic E-state index is 0.199. The van der Waals surface area contributed by atoms with Gasteiger partial charge in [-0.1, -0.05) is 12.1 Å². The van der Waals surface area contributed by atoms with Crippen molar-refractivity contribution in [1.29, 1.82) is 0 Å². The number of nitrogens with zero attached hydrogens (tertiary/aromatic N) is 1. The summed E-state index contributed by atoms with van der Waals surface area (Å²) in [6, 6.07) is 8.71. The van der Waals surface area contributed by atoms with Gasteiger partial charge < -0.3 is 15.8 Å². The number of ether oxygens (including phenoxy) is 1. The van der Waals surface area contributed by atoms with Gasteiger partial charge in [-0.3, -0.25) is 4.79 Å². The standard InChI is InChI=1S/C17H16FN3O3/c18-12-4-1-10(2-5-12)15(16(19)22)24-17(23)11-3-8-14(20-9-11)21-13-6-7-13/h1-5,8-9,13,15H,6-7H2,(H2,19,22)(H,20,21). The van der Waals surface area contributed by atoms with Crippen LogP contribution in [0.25, 0.3) is 0 Å². The van der Waals surface area contributed by atoms with Gasteiger partial charge in [0.15, 0.2) is 0 Å². The topological polar surface area (TPSA) is 94.3 Å². The molecule has 0 aliphatic heterocycles. The van der Waals surface area contributed by atoms with E-state index in [0.717, 1.165) is 12.8 Å². The summed E-state index contributed by atoms with van der Waals surface area (Å²) < 4.78 is 18.1. The number of nitrogens with one attached hydrogen (secondary N) is 1. The molecule has 1 amide bonds. The molecule has 1 fully saturated rings. The van der Waals surface area contributed by atoms with Crippen LogP contribution in [0.1, 0.15) is 34.9 Å². The van der Waals surface area contributed by atoms with Gasteiger partial charge in [0.25, 0.3) is 5.91 Å². The number of halogens is 1. The molecule has 1 aliphatic rings. The average molecular weight is 329 g/mol. The summed E-state index contributed by atoms with van der Waals surface area (Å²) in [7, 11) is 0. The third-order valence-corrected chi connectivity index (χ3v) is 3.58. The Morgan fingerprint density at radius 2 is 1.92 bits per heavy atom. The van der Waals surface area contributed by atoms with Crippen molar-refractivity contribution in [3.05, 3.63) is 59.5 Å². The van der Waals surface area contributed by atoms with Crippen LogP contribution >= 0.6 is 0 Å². The van der Waals surface area contributed by atoms with E-state index in [1.807, 2.05) is 0 Å². The largest absolute Gasteiger partial charge is 0.444 e. The molecular formula is C17H16FN3O3. The van der Waals surface area contributed by atoms with Gasteiger partial charge in [0.2, 0.25) is 6.10 Å². The lowest BCUT2D eigenvalue weighted by Crippen LogP contribution is -2.26. The number of hydrogen-bond donors (Lipinski definition) is 2. The van der Waals surface area contributed by atoms with Gasteiger partial charge in [-0.25, -0.2) is 14.2 Å². The zero-order valence-corrected chi connectivity index (χ0v) is 12.7. The number of amides is 1. The molecule has 1 heterocycles. The number of esters is 1. The van der Waals surface area contributed by atoms with Crippen LogP contribution in [-0.2, 0) is 9.53 Å². The number of hydrogen-bond acceptors (Lipinski definition) is 5. The van der Waals surface area contributed by atoms with Gasteiger partial charge in [0, 0.05) is 17.8 Å². The van der Waals surface area contributed by atoms with Gasteiger partial charge >= 0.3 is 5.97 Å². The third kappa shape index (κ3) is 3.87. The molecule has 1 aromatic carbocycles. The molecule has 1 aromatic heterocycles. The fourth-order valence-electron chi connectivity index (χ4n) is 2.14. The highest BCUT2D eigenvalue weighted by Crippen LogP contribution is 2.24. The molecule has 1 saturated carbocycles. The number of aromatic nitrogens is 1. The Kier molecular flexibility index (Phi) is 4.41. The monoisotopic (exact) mass is 329 g/mol. The summed E-state index contributed by atoms with van der Waals surface area (Å²) in [6.07, 6.45) is 2.31. The molecule has 124 valence electrons. The van der Waals surface area contributed by atoms with Crippen LogP contribution in [0, 0.1) is 5.82 Å². The normalized spacial score (nSPS) is 14.7. The molecule has 3 N–H and O–H groups in total. The number of rotatable bonds is 6. The SMILES string of the molecule is NC(=O)C(OC(=O)c1ccc(NC2CC2)nc1)c1ccc(F)cc1. The van der Waals surface area contributed by atoms with Crippen LogP contribution in [0.3, 0.4) is 0 Å². The number of benzene rings is 1. The predicted molar refractivity (Wildman–Crippen MR) is 84.6 cm³/mol. The van der Waals surface area contributed by atoms with E-state index in [1.54, 1.807) is 12.1 Å². The molecule has 0 spiro atoms. The zero-order chi connectivity index (χ0) is 17.1. The second-order valence-electron chi connectivity index (χ2n) is 5.59. The summed E-state index contributed by atoms with van der Waals surface area (Å²) >= 11 is 0. The summed E-state index contributed by atoms with van der Waals surface area (Å²) in [5.74, 6) is -1.35. The van der Waals surface area contributed by atoms with E-state index in [4.69, 9.17) is 10.5 Å². The number of anilines is 1. The van der Waals surface area contributed by atoms with Gasteiger partial charge in [-0.05, 0) is 37.1 Å². The van der Waals surface area contributed by atoms with Crippen molar-refractivity contribution in [1.82, 2.24) is 4.98 Å². The number of carbonyl (C=O) groups excluding carboxylic acids is 2. The van der Waals surface area contributed by atoms with Crippen molar-refractivity contribution in [3.8, 4) is 0 Å². The first-order valence-electron chi connectivity index (χ1n) is 7.51. The fraction of sp³-hybridized carbons (Fsp3) is 0.235. The molecule has 3 rings (SSSR count). The highest BCUT2D eigenvalue weighted by Gasteiger charge is 2.24. The van der Waals surface area contributed by atoms with E-state index in [-0.39, 0.29) is 5.56 Å². The molecule has 1 aliphatic carbocycles. The summed E-state index contributed by atoms with van der Waals surface area (Å²) in [5.41, 5.74) is 5.79. The van der Waals surface area contributed by atoms with Crippen LogP contribution in [0.5, 0.6) is 0 Å². The lowest BCUT2D eigenvalue weighted by atomic mass is 10.1. The van der Waals surface area contributed by atoms with Crippen molar-refractivity contribution in [3.63, 3.8) is 0 Å². The maximum atomic E-state index is 13.0. The zero-order valence-electron chi connectivity index (χ0n) is 12.7. The van der Waals surface area contributed by atoms with Crippen LogP contribution in [-0.4, -0.2) is 22.9 Å². The van der Waals surface area contributed by atoms with Crippen LogP contribution in [0.15, 0.2) is 42.6 Å². The minimum Gasteiger partial charge on any atom is -0.444 e. The second-order valence-corrected chi connectivity index (χ2v) is 5.59. The quantitative estimate of drug-likeness (QED) is 0.792. The Balaban J connectivity index is 1.70. The fourth-order valence-corrected chi connectivity index (χ4v) is 2.14. The molecular weight excluding hydrogens is 313 g/mol. The molecule has 6 nitrogen and oxygen atoms in total. The van der Waals surface area contributed by atoms with Crippen molar-refractivity contribution in [2.75, 3.05) is 5.32 Å². The van der Waals surface area contributed by atoms with Crippen molar-refractivity contribution >= 4 is 17.7 Å². The Morgan fingerprint density at radius 1 is 1.21 bits per heavy atom. The molecule has 24 heavy (non-hydrogen) atoms. The Morgan fingerprint density at radius 3 is 2.46 bits per heavy atom. The van der Waals surface area contributed by atoms with Crippen molar-refractivity contribution in [2.24, 2.45) is 5.73 Å². The van der Waals surface area contributed by atoms with Crippen LogP contribution in [0.2, 0.25) is 0 Å². The van der Waals surface area contributed by atoms with E-state index in [2.05, 4.69) is 10.3 Å². The van der Waals surface area contributed by atoms with Crippen molar-refractivity contribution in [2.45, 2.75) is 25.0 Å². The Hall–Kier alpha value is -2.96. The maximum absolute atomic E-state index is 13.0. The molecule has 7 heteroatoms. The lowest BCUT2D eigenvalue weighted by Gasteiger charge is -2.15. The third-order valence-electron chi connectivity index (χ3n) is 3.58. The number of carbonyl (C=O) groups is 2. The molecule has 1 unspecified atom stereocenters. The Bertz CT molecular complexity index is 743. The predicted octanol–water partition coefficient (Wildman–Crippen LogP) is 2.18. The number of primary amides is 1. The van der Waals surface area contributed by atoms with E-state index in [9.17, 15) is 14.0 Å². The summed E-state index contributed by atoms with van der Waals surface area (Å²) in [5, 5.41) is 3.20. The molecule has 0 saturated heterocycles. The van der Waals surface area contributed by atoms with Gasteiger partial charge in [-0.2, -0.15) is 0 Å². The van der Waals surface area contributed by atoms with E-state index in [1.165, 1.54) is 30.5 Å². The summed E-state index contributed by atoms with van der Waals surface area (Å²) in [6.45, 7) is 0. The van der Waals surface area contributed by atoms with E-state index < -0.39 is 23.8 Å². The van der Waals surface area contributed by atoms with Gasteiger partial charge in [0.05, 0.1) is 5.56 Å². The highest BCUT2D eigenvalue weighted by molar-refractivity contribution is 5.92. The lowest BCUT2D eigenvalue weighted by molar-refractivity contribution is -0.127. The molecule has 0 radical (unpaired) electrons. The van der Waals surface area contributed by atoms with Crippen molar-refractivity contribution < 1.29 is 18.7 Å². The van der Waals surface area contributed by atoms with E-state index >= 15 is 0 Å². The first-order valence-corrected chi connectivity index (χ1v) is 7.51. The first-order chi connectivity index (χ1) is 11.5. The molecule has 2 aromatic rings.